The largest absolute Gasteiger partial charge is 0.324 e. The molecule has 1 aromatic rings. The standard InChI is InChI=1S/C14H23N/c1-4-12(5-2)10-14(15)13-8-6-7-11(3)9-13/h6-9,12,14H,4-5,10,15H2,1-3H3/t14-/m0/s1. The molecule has 1 nitrogen and oxygen atoms in total. The van der Waals surface area contributed by atoms with Crippen molar-refractivity contribution in [2.45, 2.75) is 46.1 Å². The minimum Gasteiger partial charge on any atom is -0.324 e. The lowest BCUT2D eigenvalue weighted by atomic mass is 9.91. The summed E-state index contributed by atoms with van der Waals surface area (Å²) in [6.45, 7) is 6.61. The average molecular weight is 205 g/mol. The minimum atomic E-state index is 0.204. The summed E-state index contributed by atoms with van der Waals surface area (Å²) < 4.78 is 0. The van der Waals surface area contributed by atoms with Gasteiger partial charge >= 0.3 is 0 Å². The molecule has 15 heavy (non-hydrogen) atoms. The molecule has 0 amide bonds. The third kappa shape index (κ3) is 3.67. The highest BCUT2D eigenvalue weighted by atomic mass is 14.6. The van der Waals surface area contributed by atoms with Crippen molar-refractivity contribution in [3.05, 3.63) is 35.4 Å². The first-order valence-corrected chi connectivity index (χ1v) is 5.99. The Morgan fingerprint density at radius 3 is 2.40 bits per heavy atom. The first-order chi connectivity index (χ1) is 7.17. The van der Waals surface area contributed by atoms with Crippen LogP contribution in [0.25, 0.3) is 0 Å². The van der Waals surface area contributed by atoms with Crippen molar-refractivity contribution in [3.8, 4) is 0 Å². The molecular weight excluding hydrogens is 182 g/mol. The minimum absolute atomic E-state index is 0.204. The van der Waals surface area contributed by atoms with Gasteiger partial charge in [0.05, 0.1) is 0 Å². The maximum Gasteiger partial charge on any atom is 0.0297 e. The molecule has 1 atom stereocenters. The molecule has 0 aliphatic carbocycles. The van der Waals surface area contributed by atoms with E-state index in [0.29, 0.717) is 0 Å². The molecule has 0 bridgehead atoms. The van der Waals surface area contributed by atoms with Gasteiger partial charge in [-0.2, -0.15) is 0 Å². The fourth-order valence-electron chi connectivity index (χ4n) is 2.02. The second-order valence-electron chi connectivity index (χ2n) is 4.44. The first-order valence-electron chi connectivity index (χ1n) is 5.99. The van der Waals surface area contributed by atoms with E-state index in [1.165, 1.54) is 24.0 Å². The summed E-state index contributed by atoms with van der Waals surface area (Å²) in [5.74, 6) is 0.764. The Morgan fingerprint density at radius 1 is 1.20 bits per heavy atom. The molecule has 1 aromatic carbocycles. The molecule has 0 unspecified atom stereocenters. The Balaban J connectivity index is 2.64. The van der Waals surface area contributed by atoms with Crippen molar-refractivity contribution in [1.82, 2.24) is 0 Å². The summed E-state index contributed by atoms with van der Waals surface area (Å²) in [5, 5.41) is 0. The molecular formula is C14H23N. The van der Waals surface area contributed by atoms with Crippen molar-refractivity contribution in [2.24, 2.45) is 11.7 Å². The molecule has 0 spiro atoms. The quantitative estimate of drug-likeness (QED) is 0.777. The smallest absolute Gasteiger partial charge is 0.0297 e. The fourth-order valence-corrected chi connectivity index (χ4v) is 2.02. The van der Waals surface area contributed by atoms with E-state index in [9.17, 15) is 0 Å². The molecule has 2 N–H and O–H groups in total. The van der Waals surface area contributed by atoms with E-state index in [1.54, 1.807) is 0 Å². The molecule has 0 aromatic heterocycles. The maximum atomic E-state index is 6.22. The van der Waals surface area contributed by atoms with Crippen molar-refractivity contribution in [3.63, 3.8) is 0 Å². The lowest BCUT2D eigenvalue weighted by Crippen LogP contribution is -2.15. The molecule has 0 heterocycles. The van der Waals surface area contributed by atoms with Gasteiger partial charge < -0.3 is 5.73 Å². The predicted octanol–water partition coefficient (Wildman–Crippen LogP) is 3.82. The van der Waals surface area contributed by atoms with Gasteiger partial charge in [0.1, 0.15) is 0 Å². The van der Waals surface area contributed by atoms with E-state index >= 15 is 0 Å². The molecule has 0 saturated heterocycles. The second kappa shape index (κ2) is 5.92. The third-order valence-electron chi connectivity index (χ3n) is 3.21. The topological polar surface area (TPSA) is 26.0 Å². The lowest BCUT2D eigenvalue weighted by molar-refractivity contribution is 0.414. The molecule has 0 aliphatic rings. The van der Waals surface area contributed by atoms with Gasteiger partial charge in [-0.1, -0.05) is 56.5 Å². The summed E-state index contributed by atoms with van der Waals surface area (Å²) >= 11 is 0. The van der Waals surface area contributed by atoms with E-state index < -0.39 is 0 Å². The number of aryl methyl sites for hydroxylation is 1. The number of rotatable bonds is 5. The lowest BCUT2D eigenvalue weighted by Gasteiger charge is -2.18. The molecule has 0 aliphatic heterocycles. The van der Waals surface area contributed by atoms with Gasteiger partial charge in [0.15, 0.2) is 0 Å². The Kier molecular flexibility index (Phi) is 4.83. The van der Waals surface area contributed by atoms with E-state index in [1.807, 2.05) is 0 Å². The fraction of sp³-hybridized carbons (Fsp3) is 0.571. The van der Waals surface area contributed by atoms with Crippen molar-refractivity contribution >= 4 is 0 Å². The number of benzene rings is 1. The molecule has 0 saturated carbocycles. The van der Waals surface area contributed by atoms with Crippen molar-refractivity contribution < 1.29 is 0 Å². The van der Waals surface area contributed by atoms with Crippen molar-refractivity contribution in [1.29, 1.82) is 0 Å². The highest BCUT2D eigenvalue weighted by molar-refractivity contribution is 5.24. The van der Waals surface area contributed by atoms with E-state index in [0.717, 1.165) is 12.3 Å². The van der Waals surface area contributed by atoms with Crippen LogP contribution in [0.5, 0.6) is 0 Å². The summed E-state index contributed by atoms with van der Waals surface area (Å²) in [6.07, 6.45) is 3.57. The molecule has 84 valence electrons. The van der Waals surface area contributed by atoms with Crippen LogP contribution in [-0.4, -0.2) is 0 Å². The second-order valence-corrected chi connectivity index (χ2v) is 4.44. The number of hydrogen-bond acceptors (Lipinski definition) is 1. The van der Waals surface area contributed by atoms with Gasteiger partial charge in [0.25, 0.3) is 0 Å². The van der Waals surface area contributed by atoms with Crippen molar-refractivity contribution in [2.75, 3.05) is 0 Å². The monoisotopic (exact) mass is 205 g/mol. The number of nitrogens with two attached hydrogens (primary N) is 1. The highest BCUT2D eigenvalue weighted by Gasteiger charge is 2.11. The predicted molar refractivity (Wildman–Crippen MR) is 66.8 cm³/mol. The molecule has 0 radical (unpaired) electrons. The molecule has 0 fully saturated rings. The van der Waals surface area contributed by atoms with Gasteiger partial charge in [-0.15, -0.1) is 0 Å². The van der Waals surface area contributed by atoms with Crippen LogP contribution in [0.4, 0.5) is 0 Å². The third-order valence-corrected chi connectivity index (χ3v) is 3.21. The summed E-state index contributed by atoms with van der Waals surface area (Å²) in [4.78, 5) is 0. The van der Waals surface area contributed by atoms with Gasteiger partial charge in [0, 0.05) is 6.04 Å². The normalized spacial score (nSPS) is 13.1. The zero-order valence-electron chi connectivity index (χ0n) is 10.2. The van der Waals surface area contributed by atoms with Crippen LogP contribution in [0, 0.1) is 12.8 Å². The van der Waals surface area contributed by atoms with Gasteiger partial charge in [-0.05, 0) is 24.8 Å². The Hall–Kier alpha value is -0.820. The van der Waals surface area contributed by atoms with Crippen LogP contribution in [0.3, 0.4) is 0 Å². The van der Waals surface area contributed by atoms with Crippen LogP contribution in [0.2, 0.25) is 0 Å². The Labute approximate surface area is 93.7 Å². The zero-order valence-corrected chi connectivity index (χ0v) is 10.2. The van der Waals surface area contributed by atoms with Crippen LogP contribution in [0.1, 0.15) is 50.3 Å². The highest BCUT2D eigenvalue weighted by Crippen LogP contribution is 2.23. The van der Waals surface area contributed by atoms with Gasteiger partial charge in [-0.3, -0.25) is 0 Å². The van der Waals surface area contributed by atoms with E-state index in [4.69, 9.17) is 5.73 Å². The zero-order chi connectivity index (χ0) is 11.3. The van der Waals surface area contributed by atoms with Gasteiger partial charge in [-0.25, -0.2) is 0 Å². The van der Waals surface area contributed by atoms with Crippen LogP contribution in [0.15, 0.2) is 24.3 Å². The number of hydrogen-bond donors (Lipinski definition) is 1. The molecule has 1 rings (SSSR count). The SMILES string of the molecule is CCC(CC)C[C@H](N)c1cccc(C)c1. The molecule has 1 heteroatoms. The van der Waals surface area contributed by atoms with Gasteiger partial charge in [0.2, 0.25) is 0 Å². The van der Waals surface area contributed by atoms with E-state index in [-0.39, 0.29) is 6.04 Å². The van der Waals surface area contributed by atoms with Crippen LogP contribution >= 0.6 is 0 Å². The summed E-state index contributed by atoms with van der Waals surface area (Å²) in [5.41, 5.74) is 8.79. The average Bonchev–Trinajstić information content (AvgIpc) is 2.25. The van der Waals surface area contributed by atoms with Crippen LogP contribution < -0.4 is 5.73 Å². The Bertz CT molecular complexity index is 289. The van der Waals surface area contributed by atoms with E-state index in [2.05, 4.69) is 45.0 Å². The van der Waals surface area contributed by atoms with Crippen LogP contribution in [-0.2, 0) is 0 Å². The first kappa shape index (κ1) is 12.3. The summed E-state index contributed by atoms with van der Waals surface area (Å²) in [6, 6.07) is 8.76. The Morgan fingerprint density at radius 2 is 1.87 bits per heavy atom. The maximum absolute atomic E-state index is 6.22. The summed E-state index contributed by atoms with van der Waals surface area (Å²) in [7, 11) is 0.